The van der Waals surface area contributed by atoms with E-state index in [9.17, 15) is 4.39 Å². The molecular weight excluding hydrogens is 315 g/mol. The van der Waals surface area contributed by atoms with Crippen molar-refractivity contribution in [2.24, 2.45) is 0 Å². The monoisotopic (exact) mass is 326 g/mol. The molecule has 0 N–H and O–H groups in total. The average molecular weight is 327 g/mol. The van der Waals surface area contributed by atoms with Gasteiger partial charge in [-0.25, -0.2) is 4.39 Å². The second-order valence-corrected chi connectivity index (χ2v) is 5.52. The van der Waals surface area contributed by atoms with E-state index in [-0.39, 0.29) is 5.83 Å². The van der Waals surface area contributed by atoms with Gasteiger partial charge >= 0.3 is 0 Å². The van der Waals surface area contributed by atoms with Crippen LogP contribution in [0.5, 0.6) is 0 Å². The van der Waals surface area contributed by atoms with E-state index in [0.717, 1.165) is 20.8 Å². The standard InChI is InChI=1S/C18H12BrF/c19-17-9-7-15(8-10-17)18(20)12-13-5-6-14-3-1-2-4-16(14)11-13/h1-12H. The Labute approximate surface area is 125 Å². The maximum absolute atomic E-state index is 14.2. The fourth-order valence-electron chi connectivity index (χ4n) is 2.14. The molecule has 0 fully saturated rings. The van der Waals surface area contributed by atoms with Crippen molar-refractivity contribution < 1.29 is 4.39 Å². The van der Waals surface area contributed by atoms with Crippen molar-refractivity contribution in [1.29, 1.82) is 0 Å². The molecule has 0 aromatic heterocycles. The minimum Gasteiger partial charge on any atom is -0.206 e. The summed E-state index contributed by atoms with van der Waals surface area (Å²) in [4.78, 5) is 0. The van der Waals surface area contributed by atoms with Crippen LogP contribution in [0, 0.1) is 0 Å². The van der Waals surface area contributed by atoms with Gasteiger partial charge in [-0.1, -0.05) is 64.5 Å². The molecule has 0 nitrogen and oxygen atoms in total. The number of rotatable bonds is 2. The van der Waals surface area contributed by atoms with E-state index in [1.807, 2.05) is 54.6 Å². The van der Waals surface area contributed by atoms with Crippen molar-refractivity contribution in [3.63, 3.8) is 0 Å². The number of benzene rings is 3. The Morgan fingerprint density at radius 2 is 1.55 bits per heavy atom. The summed E-state index contributed by atoms with van der Waals surface area (Å²) in [5.41, 5.74) is 1.45. The molecule has 3 rings (SSSR count). The minimum absolute atomic E-state index is 0.229. The van der Waals surface area contributed by atoms with Gasteiger partial charge in [0, 0.05) is 10.0 Å². The molecule has 0 bridgehead atoms. The van der Waals surface area contributed by atoms with Gasteiger partial charge in [-0.2, -0.15) is 0 Å². The van der Waals surface area contributed by atoms with Crippen molar-refractivity contribution in [2.75, 3.05) is 0 Å². The summed E-state index contributed by atoms with van der Waals surface area (Å²) in [6.07, 6.45) is 1.57. The second kappa shape index (κ2) is 5.59. The largest absolute Gasteiger partial charge is 0.206 e. The number of fused-ring (bicyclic) bond motifs is 1. The molecule has 0 unspecified atom stereocenters. The highest BCUT2D eigenvalue weighted by atomic mass is 79.9. The number of hydrogen-bond donors (Lipinski definition) is 0. The van der Waals surface area contributed by atoms with Crippen LogP contribution in [0.4, 0.5) is 4.39 Å². The van der Waals surface area contributed by atoms with Gasteiger partial charge in [0.05, 0.1) is 0 Å². The fraction of sp³-hybridized carbons (Fsp3) is 0. The highest BCUT2D eigenvalue weighted by molar-refractivity contribution is 9.10. The molecule has 0 atom stereocenters. The molecule has 0 spiro atoms. The summed E-state index contributed by atoms with van der Waals surface area (Å²) in [5.74, 6) is -0.229. The van der Waals surface area contributed by atoms with Crippen LogP contribution in [0.1, 0.15) is 11.1 Å². The van der Waals surface area contributed by atoms with E-state index in [0.29, 0.717) is 5.56 Å². The summed E-state index contributed by atoms with van der Waals surface area (Å²) < 4.78 is 15.1. The molecule has 98 valence electrons. The van der Waals surface area contributed by atoms with E-state index in [1.54, 1.807) is 18.2 Å². The molecule has 0 saturated carbocycles. The maximum atomic E-state index is 14.2. The van der Waals surface area contributed by atoms with Gasteiger partial charge in [0.15, 0.2) is 0 Å². The molecule has 0 aliphatic heterocycles. The summed E-state index contributed by atoms with van der Waals surface area (Å²) in [6.45, 7) is 0. The van der Waals surface area contributed by atoms with E-state index in [2.05, 4.69) is 15.9 Å². The van der Waals surface area contributed by atoms with Gasteiger partial charge in [-0.05, 0) is 40.6 Å². The first-order valence-corrected chi connectivity index (χ1v) is 7.14. The second-order valence-electron chi connectivity index (χ2n) is 4.61. The Balaban J connectivity index is 1.98. The van der Waals surface area contributed by atoms with Crippen LogP contribution in [0.2, 0.25) is 0 Å². The Hall–Kier alpha value is -1.93. The van der Waals surface area contributed by atoms with E-state index >= 15 is 0 Å². The highest BCUT2D eigenvalue weighted by Gasteiger charge is 2.01. The van der Waals surface area contributed by atoms with Crippen LogP contribution in [0.15, 0.2) is 71.2 Å². The van der Waals surface area contributed by atoms with E-state index in [1.165, 1.54) is 0 Å². The lowest BCUT2D eigenvalue weighted by Crippen LogP contribution is -1.80. The first-order chi connectivity index (χ1) is 9.72. The Morgan fingerprint density at radius 1 is 0.850 bits per heavy atom. The third kappa shape index (κ3) is 2.81. The molecule has 0 amide bonds. The number of halogens is 2. The SMILES string of the molecule is FC(=Cc1ccc2ccccc2c1)c1ccc(Br)cc1. The lowest BCUT2D eigenvalue weighted by molar-refractivity contribution is 0.765. The normalized spacial score (nSPS) is 11.8. The highest BCUT2D eigenvalue weighted by Crippen LogP contribution is 2.23. The molecule has 0 aliphatic rings. The zero-order chi connectivity index (χ0) is 13.9. The minimum atomic E-state index is -0.229. The van der Waals surface area contributed by atoms with Crippen molar-refractivity contribution in [3.05, 3.63) is 82.3 Å². The van der Waals surface area contributed by atoms with Gasteiger partial charge in [-0.15, -0.1) is 0 Å². The lowest BCUT2D eigenvalue weighted by Gasteiger charge is -2.01. The van der Waals surface area contributed by atoms with Crippen LogP contribution >= 0.6 is 15.9 Å². The summed E-state index contributed by atoms with van der Waals surface area (Å²) in [7, 11) is 0. The quantitative estimate of drug-likeness (QED) is 0.501. The first-order valence-electron chi connectivity index (χ1n) is 6.34. The zero-order valence-corrected chi connectivity index (χ0v) is 12.3. The molecular formula is C18H12BrF. The predicted octanol–water partition coefficient (Wildman–Crippen LogP) is 6.07. The molecule has 2 heteroatoms. The fourth-order valence-corrected chi connectivity index (χ4v) is 2.40. The molecule has 0 saturated heterocycles. The van der Waals surface area contributed by atoms with Crippen molar-refractivity contribution in [3.8, 4) is 0 Å². The zero-order valence-electron chi connectivity index (χ0n) is 10.7. The van der Waals surface area contributed by atoms with E-state index < -0.39 is 0 Å². The van der Waals surface area contributed by atoms with Gasteiger partial charge < -0.3 is 0 Å². The Bertz CT molecular complexity index is 773. The van der Waals surface area contributed by atoms with Gasteiger partial charge in [0.25, 0.3) is 0 Å². The Morgan fingerprint density at radius 3 is 2.30 bits per heavy atom. The molecule has 0 aliphatic carbocycles. The third-order valence-electron chi connectivity index (χ3n) is 3.19. The molecule has 0 heterocycles. The molecule has 3 aromatic rings. The summed E-state index contributed by atoms with van der Waals surface area (Å²) in [6, 6.07) is 21.2. The Kier molecular flexibility index (Phi) is 3.66. The van der Waals surface area contributed by atoms with Gasteiger partial charge in [-0.3, -0.25) is 0 Å². The number of hydrogen-bond acceptors (Lipinski definition) is 0. The van der Waals surface area contributed by atoms with Crippen LogP contribution in [0.25, 0.3) is 22.7 Å². The van der Waals surface area contributed by atoms with Crippen molar-refractivity contribution in [2.45, 2.75) is 0 Å². The maximum Gasteiger partial charge on any atom is 0.131 e. The topological polar surface area (TPSA) is 0 Å². The van der Waals surface area contributed by atoms with Crippen LogP contribution in [-0.2, 0) is 0 Å². The van der Waals surface area contributed by atoms with Crippen LogP contribution in [0.3, 0.4) is 0 Å². The van der Waals surface area contributed by atoms with Gasteiger partial charge in [0.2, 0.25) is 0 Å². The van der Waals surface area contributed by atoms with Crippen LogP contribution in [-0.4, -0.2) is 0 Å². The smallest absolute Gasteiger partial charge is 0.131 e. The van der Waals surface area contributed by atoms with Crippen LogP contribution < -0.4 is 0 Å². The average Bonchev–Trinajstić information content (AvgIpc) is 2.48. The summed E-state index contributed by atoms with van der Waals surface area (Å²) >= 11 is 3.35. The van der Waals surface area contributed by atoms with E-state index in [4.69, 9.17) is 0 Å². The van der Waals surface area contributed by atoms with Crippen molar-refractivity contribution in [1.82, 2.24) is 0 Å². The van der Waals surface area contributed by atoms with Crippen molar-refractivity contribution >= 4 is 38.6 Å². The lowest BCUT2D eigenvalue weighted by atomic mass is 10.1. The summed E-state index contributed by atoms with van der Waals surface area (Å²) in [5, 5.41) is 2.28. The molecule has 20 heavy (non-hydrogen) atoms. The third-order valence-corrected chi connectivity index (χ3v) is 3.72. The molecule has 0 radical (unpaired) electrons. The first kappa shape index (κ1) is 13.1. The molecule has 3 aromatic carbocycles. The predicted molar refractivity (Wildman–Crippen MR) is 87.1 cm³/mol. The van der Waals surface area contributed by atoms with Gasteiger partial charge in [0.1, 0.15) is 5.83 Å².